The van der Waals surface area contributed by atoms with Gasteiger partial charge in [0.25, 0.3) is 0 Å². The molecule has 2 heterocycles. The van der Waals surface area contributed by atoms with E-state index >= 15 is 0 Å². The number of fused-ring (bicyclic) bond motifs is 1. The maximum Gasteiger partial charge on any atom is 0.362 e. The summed E-state index contributed by atoms with van der Waals surface area (Å²) >= 11 is 0. The van der Waals surface area contributed by atoms with Gasteiger partial charge in [0.1, 0.15) is 11.4 Å². The Kier molecular flexibility index (Phi) is 3.17. The minimum atomic E-state index is -0.425. The molecule has 106 valence electrons. The number of ether oxygens (including phenoxy) is 1. The number of benzene rings is 1. The number of aromatic nitrogens is 3. The van der Waals surface area contributed by atoms with Crippen LogP contribution in [-0.2, 0) is 7.05 Å². The molecule has 0 atom stereocenters. The second-order valence-electron chi connectivity index (χ2n) is 4.96. The fraction of sp³-hybridized carbons (Fsp3) is 0.188. The van der Waals surface area contributed by atoms with Gasteiger partial charge in [-0.05, 0) is 44.2 Å². The molecule has 1 aromatic carbocycles. The highest BCUT2D eigenvalue weighted by Crippen LogP contribution is 2.25. The predicted octanol–water partition coefficient (Wildman–Crippen LogP) is 2.80. The summed E-state index contributed by atoms with van der Waals surface area (Å²) in [5, 5.41) is 4.97. The summed E-state index contributed by atoms with van der Waals surface area (Å²) in [7, 11) is 1.72. The molecule has 0 aliphatic heterocycles. The van der Waals surface area contributed by atoms with Gasteiger partial charge in [0.2, 0.25) is 0 Å². The van der Waals surface area contributed by atoms with E-state index in [0.717, 1.165) is 22.3 Å². The molecule has 2 aromatic heterocycles. The van der Waals surface area contributed by atoms with E-state index in [1.165, 1.54) is 4.68 Å². The number of carbonyl (C=O) groups excluding carboxylic acids is 1. The van der Waals surface area contributed by atoms with Crippen molar-refractivity contribution in [2.45, 2.75) is 13.8 Å². The fourth-order valence-electron chi connectivity index (χ4n) is 2.27. The molecule has 0 N–H and O–H groups in total. The number of rotatable bonds is 2. The first kappa shape index (κ1) is 13.3. The number of carbonyl (C=O) groups is 1. The van der Waals surface area contributed by atoms with Gasteiger partial charge in [-0.2, -0.15) is 5.10 Å². The molecule has 0 bridgehead atoms. The van der Waals surface area contributed by atoms with Crippen molar-refractivity contribution in [1.29, 1.82) is 0 Å². The highest BCUT2D eigenvalue weighted by molar-refractivity contribution is 5.93. The van der Waals surface area contributed by atoms with Crippen LogP contribution in [0.15, 0.2) is 36.4 Å². The van der Waals surface area contributed by atoms with Crippen LogP contribution in [0.3, 0.4) is 0 Å². The van der Waals surface area contributed by atoms with E-state index in [1.54, 1.807) is 19.2 Å². The monoisotopic (exact) mass is 281 g/mol. The third-order valence-corrected chi connectivity index (χ3v) is 3.24. The average molecular weight is 281 g/mol. The van der Waals surface area contributed by atoms with Gasteiger partial charge < -0.3 is 4.74 Å². The van der Waals surface area contributed by atoms with Crippen LogP contribution in [0, 0.1) is 13.8 Å². The minimum Gasteiger partial charge on any atom is -0.421 e. The van der Waals surface area contributed by atoms with Gasteiger partial charge in [0, 0.05) is 18.1 Å². The number of nitrogens with zero attached hydrogens (tertiary/aromatic N) is 3. The van der Waals surface area contributed by atoms with Crippen molar-refractivity contribution in [2.24, 2.45) is 7.05 Å². The van der Waals surface area contributed by atoms with Crippen molar-refractivity contribution in [3.05, 3.63) is 53.5 Å². The zero-order valence-corrected chi connectivity index (χ0v) is 12.1. The molecule has 5 nitrogen and oxygen atoms in total. The molecule has 0 saturated carbocycles. The lowest BCUT2D eigenvalue weighted by atomic mass is 10.2. The van der Waals surface area contributed by atoms with Crippen molar-refractivity contribution in [1.82, 2.24) is 14.8 Å². The normalized spacial score (nSPS) is 10.8. The number of hydrogen-bond donors (Lipinski definition) is 0. The Hall–Kier alpha value is -2.69. The molecule has 3 rings (SSSR count). The Morgan fingerprint density at radius 1 is 1.14 bits per heavy atom. The molecule has 0 unspecified atom stereocenters. The van der Waals surface area contributed by atoms with E-state index < -0.39 is 5.97 Å². The summed E-state index contributed by atoms with van der Waals surface area (Å²) in [5.74, 6) is 0.0787. The van der Waals surface area contributed by atoms with Crippen LogP contribution in [0.4, 0.5) is 0 Å². The summed E-state index contributed by atoms with van der Waals surface area (Å²) in [6, 6.07) is 11.0. The Labute approximate surface area is 122 Å². The molecule has 0 spiro atoms. The van der Waals surface area contributed by atoms with Crippen LogP contribution in [0.1, 0.15) is 21.9 Å². The van der Waals surface area contributed by atoms with Crippen molar-refractivity contribution < 1.29 is 9.53 Å². The lowest BCUT2D eigenvalue weighted by molar-refractivity contribution is 0.0725. The molecule has 0 radical (unpaired) electrons. The van der Waals surface area contributed by atoms with E-state index in [0.29, 0.717) is 11.4 Å². The van der Waals surface area contributed by atoms with E-state index in [9.17, 15) is 4.79 Å². The number of esters is 1. The number of aryl methyl sites for hydroxylation is 3. The average Bonchev–Trinajstić information content (AvgIpc) is 2.77. The molecular weight excluding hydrogens is 266 g/mol. The Bertz CT molecular complexity index is 837. The zero-order chi connectivity index (χ0) is 15.0. The van der Waals surface area contributed by atoms with Crippen LogP contribution in [-0.4, -0.2) is 20.7 Å². The number of hydrogen-bond acceptors (Lipinski definition) is 4. The zero-order valence-electron chi connectivity index (χ0n) is 12.1. The lowest BCUT2D eigenvalue weighted by Gasteiger charge is -2.07. The molecule has 3 aromatic rings. The molecule has 0 aliphatic rings. The van der Waals surface area contributed by atoms with E-state index in [4.69, 9.17) is 4.74 Å². The van der Waals surface area contributed by atoms with Crippen LogP contribution < -0.4 is 4.74 Å². The first-order valence-corrected chi connectivity index (χ1v) is 6.64. The summed E-state index contributed by atoms with van der Waals surface area (Å²) in [6.45, 7) is 3.76. The summed E-state index contributed by atoms with van der Waals surface area (Å²) in [5.41, 5.74) is 2.93. The van der Waals surface area contributed by atoms with Gasteiger partial charge in [-0.15, -0.1) is 0 Å². The maximum atomic E-state index is 12.3. The van der Waals surface area contributed by atoms with Crippen LogP contribution in [0.2, 0.25) is 0 Å². The third-order valence-electron chi connectivity index (χ3n) is 3.24. The first-order valence-electron chi connectivity index (χ1n) is 6.64. The summed E-state index contributed by atoms with van der Waals surface area (Å²) in [6.07, 6.45) is 0. The smallest absolute Gasteiger partial charge is 0.362 e. The van der Waals surface area contributed by atoms with Crippen LogP contribution >= 0.6 is 0 Å². The lowest BCUT2D eigenvalue weighted by Crippen LogP contribution is -2.13. The molecule has 21 heavy (non-hydrogen) atoms. The molecule has 5 heteroatoms. The van der Waals surface area contributed by atoms with Gasteiger partial charge in [-0.1, -0.05) is 6.07 Å². The Morgan fingerprint density at radius 2 is 1.95 bits per heavy atom. The first-order chi connectivity index (χ1) is 10.0. The second-order valence-corrected chi connectivity index (χ2v) is 4.96. The van der Waals surface area contributed by atoms with Crippen molar-refractivity contribution in [3.8, 4) is 5.75 Å². The highest BCUT2D eigenvalue weighted by atomic mass is 16.5. The van der Waals surface area contributed by atoms with Crippen molar-refractivity contribution in [2.75, 3.05) is 0 Å². The van der Waals surface area contributed by atoms with Gasteiger partial charge in [0.15, 0.2) is 0 Å². The third kappa shape index (κ3) is 2.50. The summed E-state index contributed by atoms with van der Waals surface area (Å²) in [4.78, 5) is 16.7. The predicted molar refractivity (Wildman–Crippen MR) is 79.4 cm³/mol. The van der Waals surface area contributed by atoms with Crippen LogP contribution in [0.5, 0.6) is 5.75 Å². The van der Waals surface area contributed by atoms with E-state index in [2.05, 4.69) is 10.1 Å². The van der Waals surface area contributed by atoms with Gasteiger partial charge >= 0.3 is 5.97 Å². The summed E-state index contributed by atoms with van der Waals surface area (Å²) < 4.78 is 7.03. The molecule has 0 aliphatic carbocycles. The van der Waals surface area contributed by atoms with Gasteiger partial charge in [0.05, 0.1) is 11.2 Å². The molecule has 0 amide bonds. The largest absolute Gasteiger partial charge is 0.421 e. The number of pyridine rings is 1. The molecule has 0 fully saturated rings. The maximum absolute atomic E-state index is 12.3. The SMILES string of the molecule is Cc1ccc2c(OC(=O)c3cc(C)nn3C)cccc2n1. The van der Waals surface area contributed by atoms with E-state index in [1.807, 2.05) is 38.1 Å². The standard InChI is InChI=1S/C16H15N3O2/c1-10-7-8-12-13(17-10)5-4-6-15(12)21-16(20)14-9-11(2)18-19(14)3/h4-9H,1-3H3. The quantitative estimate of drug-likeness (QED) is 0.535. The van der Waals surface area contributed by atoms with E-state index in [-0.39, 0.29) is 0 Å². The van der Waals surface area contributed by atoms with Gasteiger partial charge in [-0.25, -0.2) is 4.79 Å². The van der Waals surface area contributed by atoms with Gasteiger partial charge in [-0.3, -0.25) is 9.67 Å². The molecular formula is C16H15N3O2. The van der Waals surface area contributed by atoms with Crippen molar-refractivity contribution >= 4 is 16.9 Å². The highest BCUT2D eigenvalue weighted by Gasteiger charge is 2.15. The van der Waals surface area contributed by atoms with Crippen LogP contribution in [0.25, 0.3) is 10.9 Å². The fourth-order valence-corrected chi connectivity index (χ4v) is 2.27. The van der Waals surface area contributed by atoms with Crippen molar-refractivity contribution in [3.63, 3.8) is 0 Å². The molecule has 0 saturated heterocycles. The Balaban J connectivity index is 1.98. The topological polar surface area (TPSA) is 57.0 Å². The minimum absolute atomic E-state index is 0.421. The Morgan fingerprint density at radius 3 is 2.67 bits per heavy atom. The second kappa shape index (κ2) is 5.01.